The van der Waals surface area contributed by atoms with Crippen LogP contribution in [0.3, 0.4) is 0 Å². The molecule has 1 saturated carbocycles. The summed E-state index contributed by atoms with van der Waals surface area (Å²) < 4.78 is 0. The van der Waals surface area contributed by atoms with Gasteiger partial charge in [0.1, 0.15) is 11.3 Å². The van der Waals surface area contributed by atoms with Crippen LogP contribution in [0, 0.1) is 5.41 Å². The number of rotatable bonds is 3. The summed E-state index contributed by atoms with van der Waals surface area (Å²) in [6.07, 6.45) is 4.89. The van der Waals surface area contributed by atoms with Gasteiger partial charge in [-0.3, -0.25) is 4.79 Å². The van der Waals surface area contributed by atoms with Crippen LogP contribution >= 0.6 is 23.2 Å². The molecule has 7 heteroatoms. The second kappa shape index (κ2) is 5.38. The molecule has 1 amide bonds. The minimum Gasteiger partial charge on any atom is -0.329 e. The van der Waals surface area contributed by atoms with Gasteiger partial charge in [-0.25, -0.2) is 9.97 Å². The van der Waals surface area contributed by atoms with Crippen molar-refractivity contribution in [2.45, 2.75) is 25.7 Å². The second-order valence-electron chi connectivity index (χ2n) is 4.47. The van der Waals surface area contributed by atoms with Crippen LogP contribution in [-0.4, -0.2) is 22.4 Å². The van der Waals surface area contributed by atoms with Crippen molar-refractivity contribution in [1.82, 2.24) is 9.97 Å². The summed E-state index contributed by atoms with van der Waals surface area (Å²) in [6.45, 7) is 0.329. The lowest BCUT2D eigenvalue weighted by molar-refractivity contribution is -0.124. The van der Waals surface area contributed by atoms with E-state index in [0.717, 1.165) is 25.7 Å². The molecule has 18 heavy (non-hydrogen) atoms. The third-order valence-electron chi connectivity index (χ3n) is 3.41. The molecule has 1 aliphatic rings. The third kappa shape index (κ3) is 2.43. The maximum Gasteiger partial charge on any atom is 0.233 e. The highest BCUT2D eigenvalue weighted by atomic mass is 35.5. The SMILES string of the molecule is NCC1(C(=O)Nc2ncnc(Cl)c2Cl)CCCC1. The first-order valence-electron chi connectivity index (χ1n) is 5.76. The molecule has 3 N–H and O–H groups in total. The highest BCUT2D eigenvalue weighted by molar-refractivity contribution is 6.42. The van der Waals surface area contributed by atoms with Crippen LogP contribution in [0.4, 0.5) is 5.82 Å². The fourth-order valence-corrected chi connectivity index (χ4v) is 2.53. The van der Waals surface area contributed by atoms with Gasteiger partial charge in [0.25, 0.3) is 0 Å². The van der Waals surface area contributed by atoms with Crippen molar-refractivity contribution in [3.8, 4) is 0 Å². The van der Waals surface area contributed by atoms with Crippen LogP contribution in [0.1, 0.15) is 25.7 Å². The molecule has 0 unspecified atom stereocenters. The third-order valence-corrected chi connectivity index (χ3v) is 4.15. The maximum atomic E-state index is 12.3. The van der Waals surface area contributed by atoms with Crippen LogP contribution < -0.4 is 11.1 Å². The van der Waals surface area contributed by atoms with Crippen molar-refractivity contribution in [2.75, 3.05) is 11.9 Å². The molecule has 1 heterocycles. The van der Waals surface area contributed by atoms with Crippen molar-refractivity contribution in [2.24, 2.45) is 11.1 Å². The van der Waals surface area contributed by atoms with Gasteiger partial charge in [0, 0.05) is 6.54 Å². The Kier molecular flexibility index (Phi) is 4.04. The summed E-state index contributed by atoms with van der Waals surface area (Å²) >= 11 is 11.7. The highest BCUT2D eigenvalue weighted by Gasteiger charge is 2.40. The Morgan fingerprint density at radius 3 is 2.67 bits per heavy atom. The fraction of sp³-hybridized carbons (Fsp3) is 0.545. The summed E-state index contributed by atoms with van der Waals surface area (Å²) in [7, 11) is 0. The molecule has 1 fully saturated rings. The van der Waals surface area contributed by atoms with E-state index in [1.807, 2.05) is 0 Å². The molecule has 0 bridgehead atoms. The van der Waals surface area contributed by atoms with Gasteiger partial charge in [0.2, 0.25) is 5.91 Å². The largest absolute Gasteiger partial charge is 0.329 e. The number of halogens is 2. The number of nitrogens with two attached hydrogens (primary N) is 1. The molecule has 1 aromatic heterocycles. The smallest absolute Gasteiger partial charge is 0.233 e. The van der Waals surface area contributed by atoms with E-state index in [9.17, 15) is 4.79 Å². The van der Waals surface area contributed by atoms with Gasteiger partial charge in [0.15, 0.2) is 11.0 Å². The Morgan fingerprint density at radius 1 is 1.39 bits per heavy atom. The number of carbonyl (C=O) groups excluding carboxylic acids is 1. The monoisotopic (exact) mass is 288 g/mol. The quantitative estimate of drug-likeness (QED) is 0.836. The number of hydrogen-bond donors (Lipinski definition) is 2. The average Bonchev–Trinajstić information content (AvgIpc) is 2.85. The predicted molar refractivity (Wildman–Crippen MR) is 70.6 cm³/mol. The predicted octanol–water partition coefficient (Wildman–Crippen LogP) is 2.24. The fourth-order valence-electron chi connectivity index (χ4n) is 2.25. The zero-order valence-electron chi connectivity index (χ0n) is 9.75. The number of nitrogens with one attached hydrogen (secondary N) is 1. The lowest BCUT2D eigenvalue weighted by Crippen LogP contribution is -2.40. The highest BCUT2D eigenvalue weighted by Crippen LogP contribution is 2.38. The molecular weight excluding hydrogens is 275 g/mol. The summed E-state index contributed by atoms with van der Waals surface area (Å²) in [5.41, 5.74) is 5.24. The van der Waals surface area contributed by atoms with Crippen LogP contribution in [0.5, 0.6) is 0 Å². The van der Waals surface area contributed by atoms with Gasteiger partial charge in [-0.05, 0) is 12.8 Å². The first-order valence-corrected chi connectivity index (χ1v) is 6.52. The molecule has 5 nitrogen and oxygen atoms in total. The molecule has 0 saturated heterocycles. The molecule has 2 rings (SSSR count). The Morgan fingerprint density at radius 2 is 2.06 bits per heavy atom. The lowest BCUT2D eigenvalue weighted by Gasteiger charge is -2.25. The summed E-state index contributed by atoms with van der Waals surface area (Å²) in [6, 6.07) is 0. The van der Waals surface area contributed by atoms with E-state index < -0.39 is 5.41 Å². The molecular formula is C11H14Cl2N4O. The Labute approximate surface area is 115 Å². The van der Waals surface area contributed by atoms with Crippen LogP contribution in [0.15, 0.2) is 6.33 Å². The van der Waals surface area contributed by atoms with Crippen LogP contribution in [0.25, 0.3) is 0 Å². The van der Waals surface area contributed by atoms with Crippen LogP contribution in [0.2, 0.25) is 10.2 Å². The van der Waals surface area contributed by atoms with E-state index in [1.165, 1.54) is 6.33 Å². The molecule has 1 aromatic rings. The normalized spacial score (nSPS) is 17.7. The van der Waals surface area contributed by atoms with E-state index >= 15 is 0 Å². The van der Waals surface area contributed by atoms with E-state index in [1.54, 1.807) is 0 Å². The molecule has 0 spiro atoms. The van der Waals surface area contributed by atoms with Crippen molar-refractivity contribution >= 4 is 34.9 Å². The topological polar surface area (TPSA) is 80.9 Å². The number of aromatic nitrogens is 2. The van der Waals surface area contributed by atoms with Gasteiger partial charge in [-0.1, -0.05) is 36.0 Å². The van der Waals surface area contributed by atoms with E-state index in [0.29, 0.717) is 6.54 Å². The van der Waals surface area contributed by atoms with Gasteiger partial charge in [-0.15, -0.1) is 0 Å². The molecule has 0 aromatic carbocycles. The van der Waals surface area contributed by atoms with E-state index in [-0.39, 0.29) is 21.9 Å². The van der Waals surface area contributed by atoms with Gasteiger partial charge in [0.05, 0.1) is 5.41 Å². The van der Waals surface area contributed by atoms with Crippen molar-refractivity contribution in [3.63, 3.8) is 0 Å². The minimum absolute atomic E-state index is 0.121. The number of carbonyl (C=O) groups is 1. The number of anilines is 1. The molecule has 0 radical (unpaired) electrons. The van der Waals surface area contributed by atoms with Crippen LogP contribution in [-0.2, 0) is 4.79 Å². The molecule has 1 aliphatic carbocycles. The zero-order valence-corrected chi connectivity index (χ0v) is 11.3. The molecule has 0 atom stereocenters. The van der Waals surface area contributed by atoms with Crippen molar-refractivity contribution in [3.05, 3.63) is 16.5 Å². The Hall–Kier alpha value is -0.910. The Bertz CT molecular complexity index is 460. The maximum absolute atomic E-state index is 12.3. The summed E-state index contributed by atoms with van der Waals surface area (Å²) in [5, 5.41) is 2.97. The van der Waals surface area contributed by atoms with Gasteiger partial charge >= 0.3 is 0 Å². The summed E-state index contributed by atoms with van der Waals surface area (Å²) in [5.74, 6) is 0.0977. The summed E-state index contributed by atoms with van der Waals surface area (Å²) in [4.78, 5) is 19.9. The van der Waals surface area contributed by atoms with Gasteiger partial charge in [-0.2, -0.15) is 0 Å². The number of hydrogen-bond acceptors (Lipinski definition) is 4. The van der Waals surface area contributed by atoms with Crippen molar-refractivity contribution < 1.29 is 4.79 Å². The molecule has 98 valence electrons. The second-order valence-corrected chi connectivity index (χ2v) is 5.21. The first kappa shape index (κ1) is 13.5. The average molecular weight is 289 g/mol. The van der Waals surface area contributed by atoms with E-state index in [2.05, 4.69) is 15.3 Å². The standard InChI is InChI=1S/C11H14Cl2N4O/c12-7-8(13)15-6-16-9(7)17-10(18)11(5-14)3-1-2-4-11/h6H,1-5,14H2,(H,15,16,17,18). The number of amides is 1. The first-order chi connectivity index (χ1) is 8.59. The van der Waals surface area contributed by atoms with Crippen molar-refractivity contribution in [1.29, 1.82) is 0 Å². The lowest BCUT2D eigenvalue weighted by atomic mass is 9.85. The molecule has 0 aliphatic heterocycles. The zero-order chi connectivity index (χ0) is 13.2. The van der Waals surface area contributed by atoms with E-state index in [4.69, 9.17) is 28.9 Å². The minimum atomic E-state index is -0.499. The Balaban J connectivity index is 2.18. The number of nitrogens with zero attached hydrogens (tertiary/aromatic N) is 2. The van der Waals surface area contributed by atoms with Gasteiger partial charge < -0.3 is 11.1 Å².